The largest absolute Gasteiger partial charge is 0.448 e. The molecule has 0 amide bonds. The fourth-order valence-corrected chi connectivity index (χ4v) is 1.72. The van der Waals surface area contributed by atoms with Crippen molar-refractivity contribution >= 4 is 11.4 Å². The number of pyridine rings is 1. The lowest BCUT2D eigenvalue weighted by atomic mass is 10.2. The maximum atomic E-state index is 11.0. The van der Waals surface area contributed by atoms with E-state index in [1.807, 2.05) is 13.0 Å². The standard InChI is InChI=1S/C14H12N4O3/c1-2-17-11-6-12(9-16-8-11)21-14-4-3-10(7-15)5-13(14)18(19)20/h3-6,8-9,17H,2H2,1H3. The SMILES string of the molecule is CCNc1cncc(Oc2ccc(C#N)cc2[N+](=O)[O-])c1. The van der Waals surface area contributed by atoms with Crippen molar-refractivity contribution in [2.45, 2.75) is 6.92 Å². The number of nitro groups is 1. The van der Waals surface area contributed by atoms with Gasteiger partial charge in [-0.3, -0.25) is 15.1 Å². The molecule has 106 valence electrons. The summed E-state index contributed by atoms with van der Waals surface area (Å²) in [6.07, 6.45) is 3.09. The molecule has 1 N–H and O–H groups in total. The number of aromatic nitrogens is 1. The molecule has 0 aliphatic rings. The van der Waals surface area contributed by atoms with Crippen molar-refractivity contribution in [2.75, 3.05) is 11.9 Å². The lowest BCUT2D eigenvalue weighted by molar-refractivity contribution is -0.385. The molecule has 0 unspecified atom stereocenters. The van der Waals surface area contributed by atoms with Crippen LogP contribution in [0.25, 0.3) is 0 Å². The molecule has 2 aromatic rings. The summed E-state index contributed by atoms with van der Waals surface area (Å²) in [7, 11) is 0. The van der Waals surface area contributed by atoms with E-state index in [-0.39, 0.29) is 17.0 Å². The summed E-state index contributed by atoms with van der Waals surface area (Å²) >= 11 is 0. The van der Waals surface area contributed by atoms with Crippen molar-refractivity contribution < 1.29 is 9.66 Å². The highest BCUT2D eigenvalue weighted by atomic mass is 16.6. The Balaban J connectivity index is 2.33. The van der Waals surface area contributed by atoms with Crippen LogP contribution in [0.5, 0.6) is 11.5 Å². The third-order valence-corrected chi connectivity index (χ3v) is 2.61. The second-order valence-corrected chi connectivity index (χ2v) is 4.09. The van der Waals surface area contributed by atoms with Gasteiger partial charge in [-0.1, -0.05) is 0 Å². The smallest absolute Gasteiger partial charge is 0.312 e. The molecule has 2 rings (SSSR count). The maximum absolute atomic E-state index is 11.0. The minimum Gasteiger partial charge on any atom is -0.448 e. The molecule has 0 aliphatic carbocycles. The molecule has 0 aliphatic heterocycles. The first-order chi connectivity index (χ1) is 10.1. The number of benzene rings is 1. The maximum Gasteiger partial charge on any atom is 0.312 e. The highest BCUT2D eigenvalue weighted by molar-refractivity contribution is 5.54. The zero-order valence-corrected chi connectivity index (χ0v) is 11.2. The number of nitro benzene ring substituents is 1. The summed E-state index contributed by atoms with van der Waals surface area (Å²) in [6, 6.07) is 7.59. The van der Waals surface area contributed by atoms with Crippen LogP contribution in [-0.4, -0.2) is 16.5 Å². The monoisotopic (exact) mass is 284 g/mol. The summed E-state index contributed by atoms with van der Waals surface area (Å²) in [5, 5.41) is 22.9. The van der Waals surface area contributed by atoms with Gasteiger partial charge in [0, 0.05) is 18.7 Å². The quantitative estimate of drug-likeness (QED) is 0.668. The van der Waals surface area contributed by atoms with Gasteiger partial charge >= 0.3 is 5.69 Å². The highest BCUT2D eigenvalue weighted by Crippen LogP contribution is 2.32. The van der Waals surface area contributed by atoms with Gasteiger partial charge < -0.3 is 10.1 Å². The van der Waals surface area contributed by atoms with E-state index in [4.69, 9.17) is 10.00 Å². The molecule has 0 saturated heterocycles. The molecule has 7 heteroatoms. The van der Waals surface area contributed by atoms with Crippen molar-refractivity contribution in [3.63, 3.8) is 0 Å². The van der Waals surface area contributed by atoms with Gasteiger partial charge in [0.2, 0.25) is 5.75 Å². The van der Waals surface area contributed by atoms with E-state index in [0.717, 1.165) is 12.2 Å². The van der Waals surface area contributed by atoms with Gasteiger partial charge in [-0.2, -0.15) is 5.26 Å². The Morgan fingerprint density at radius 3 is 2.90 bits per heavy atom. The molecule has 1 aromatic carbocycles. The molecule has 21 heavy (non-hydrogen) atoms. The van der Waals surface area contributed by atoms with Gasteiger partial charge in [0.25, 0.3) is 0 Å². The van der Waals surface area contributed by atoms with Gasteiger partial charge in [0.15, 0.2) is 0 Å². The minimum absolute atomic E-state index is 0.0643. The predicted molar refractivity (Wildman–Crippen MR) is 76.3 cm³/mol. The first kappa shape index (κ1) is 14.3. The first-order valence-corrected chi connectivity index (χ1v) is 6.19. The van der Waals surface area contributed by atoms with Crippen LogP contribution >= 0.6 is 0 Å². The van der Waals surface area contributed by atoms with E-state index in [0.29, 0.717) is 5.75 Å². The van der Waals surface area contributed by atoms with Crippen LogP contribution in [0.4, 0.5) is 11.4 Å². The number of nitriles is 1. The molecule has 0 saturated carbocycles. The Kier molecular flexibility index (Phi) is 4.31. The Bertz CT molecular complexity index is 710. The van der Waals surface area contributed by atoms with Crippen LogP contribution in [0.3, 0.4) is 0 Å². The van der Waals surface area contributed by atoms with Crippen molar-refractivity contribution in [2.24, 2.45) is 0 Å². The van der Waals surface area contributed by atoms with Gasteiger partial charge in [0.05, 0.1) is 34.6 Å². The van der Waals surface area contributed by atoms with Gasteiger partial charge in [0.1, 0.15) is 5.75 Å². The molecule has 1 heterocycles. The second kappa shape index (κ2) is 6.34. The molecule has 7 nitrogen and oxygen atoms in total. The molecule has 0 atom stereocenters. The predicted octanol–water partition coefficient (Wildman–Crippen LogP) is 3.09. The number of anilines is 1. The lowest BCUT2D eigenvalue weighted by Crippen LogP contribution is -1.98. The molecule has 0 radical (unpaired) electrons. The van der Waals surface area contributed by atoms with Gasteiger partial charge in [-0.05, 0) is 19.1 Å². The van der Waals surface area contributed by atoms with Crippen LogP contribution in [0.2, 0.25) is 0 Å². The zero-order chi connectivity index (χ0) is 15.2. The average molecular weight is 284 g/mol. The van der Waals surface area contributed by atoms with Crippen LogP contribution in [0.15, 0.2) is 36.7 Å². The summed E-state index contributed by atoms with van der Waals surface area (Å²) < 4.78 is 5.50. The number of rotatable bonds is 5. The zero-order valence-electron chi connectivity index (χ0n) is 11.2. The number of hydrogen-bond acceptors (Lipinski definition) is 6. The summed E-state index contributed by atoms with van der Waals surface area (Å²) in [5.41, 5.74) is 0.697. The van der Waals surface area contributed by atoms with Crippen LogP contribution in [-0.2, 0) is 0 Å². The highest BCUT2D eigenvalue weighted by Gasteiger charge is 2.17. The van der Waals surface area contributed by atoms with Crippen LogP contribution in [0.1, 0.15) is 12.5 Å². The van der Waals surface area contributed by atoms with Crippen LogP contribution < -0.4 is 10.1 Å². The fraction of sp³-hybridized carbons (Fsp3) is 0.143. The normalized spacial score (nSPS) is 9.71. The molecule has 0 spiro atoms. The fourth-order valence-electron chi connectivity index (χ4n) is 1.72. The van der Waals surface area contributed by atoms with E-state index >= 15 is 0 Å². The average Bonchev–Trinajstić information content (AvgIpc) is 2.48. The first-order valence-electron chi connectivity index (χ1n) is 6.19. The summed E-state index contributed by atoms with van der Waals surface area (Å²) in [5.74, 6) is 0.440. The van der Waals surface area contributed by atoms with Crippen molar-refractivity contribution in [1.82, 2.24) is 4.98 Å². The molecule has 0 fully saturated rings. The minimum atomic E-state index is -0.586. The van der Waals surface area contributed by atoms with Crippen molar-refractivity contribution in [3.8, 4) is 17.6 Å². The summed E-state index contributed by atoms with van der Waals surface area (Å²) in [6.45, 7) is 2.67. The van der Waals surface area contributed by atoms with Crippen molar-refractivity contribution in [1.29, 1.82) is 5.26 Å². The van der Waals surface area contributed by atoms with E-state index < -0.39 is 4.92 Å². The number of nitrogens with zero attached hydrogens (tertiary/aromatic N) is 3. The molecule has 0 bridgehead atoms. The third kappa shape index (κ3) is 3.45. The summed E-state index contributed by atoms with van der Waals surface area (Å²) in [4.78, 5) is 14.5. The van der Waals surface area contributed by atoms with Gasteiger partial charge in [-0.15, -0.1) is 0 Å². The number of hydrogen-bond donors (Lipinski definition) is 1. The van der Waals surface area contributed by atoms with Crippen LogP contribution in [0, 0.1) is 21.4 Å². The molecule has 1 aromatic heterocycles. The Morgan fingerprint density at radius 1 is 1.43 bits per heavy atom. The van der Waals surface area contributed by atoms with E-state index in [1.54, 1.807) is 12.3 Å². The van der Waals surface area contributed by atoms with Crippen molar-refractivity contribution in [3.05, 3.63) is 52.3 Å². The molecular formula is C14H12N4O3. The number of ether oxygens (including phenoxy) is 1. The van der Waals surface area contributed by atoms with Gasteiger partial charge in [-0.25, -0.2) is 0 Å². The van der Waals surface area contributed by atoms with E-state index in [9.17, 15) is 10.1 Å². The van der Waals surface area contributed by atoms with E-state index in [2.05, 4.69) is 10.3 Å². The van der Waals surface area contributed by atoms with E-state index in [1.165, 1.54) is 24.4 Å². The Labute approximate surface area is 121 Å². The third-order valence-electron chi connectivity index (χ3n) is 2.61. The lowest BCUT2D eigenvalue weighted by Gasteiger charge is -2.08. The Hall–Kier alpha value is -3.14. The Morgan fingerprint density at radius 2 is 2.24 bits per heavy atom. The topological polar surface area (TPSA) is 101 Å². The second-order valence-electron chi connectivity index (χ2n) is 4.09. The number of nitrogens with one attached hydrogen (secondary N) is 1. The molecular weight excluding hydrogens is 272 g/mol.